The van der Waals surface area contributed by atoms with E-state index in [0.29, 0.717) is 23.5 Å². The fourth-order valence-corrected chi connectivity index (χ4v) is 1.60. The molecule has 0 spiro atoms. The Labute approximate surface area is 105 Å². The number of carbonyl (C=O) groups is 2. The summed E-state index contributed by atoms with van der Waals surface area (Å²) in [6.45, 7) is 0. The molecule has 0 saturated heterocycles. The van der Waals surface area contributed by atoms with E-state index in [-0.39, 0.29) is 6.42 Å². The minimum Gasteiger partial charge on any atom is -0.493 e. The molecule has 98 valence electrons. The van der Waals surface area contributed by atoms with Gasteiger partial charge in [0.1, 0.15) is 0 Å². The van der Waals surface area contributed by atoms with Crippen LogP contribution in [-0.4, -0.2) is 31.7 Å². The summed E-state index contributed by atoms with van der Waals surface area (Å²) in [5, 5.41) is 11.2. The van der Waals surface area contributed by atoms with Crippen LogP contribution in [0.15, 0.2) is 18.2 Å². The Morgan fingerprint density at radius 2 is 2.06 bits per heavy atom. The lowest BCUT2D eigenvalue weighted by Gasteiger charge is -2.16. The highest BCUT2D eigenvalue weighted by atomic mass is 16.5. The van der Waals surface area contributed by atoms with Gasteiger partial charge in [0.15, 0.2) is 11.5 Å². The summed E-state index contributed by atoms with van der Waals surface area (Å²) in [5.41, 5.74) is 0.641. The average molecular weight is 253 g/mol. The van der Waals surface area contributed by atoms with Crippen LogP contribution in [-0.2, 0) is 9.59 Å². The van der Waals surface area contributed by atoms with E-state index in [4.69, 9.17) is 14.6 Å². The number of carboxylic acid groups (broad SMARTS) is 1. The molecule has 2 N–H and O–H groups in total. The SMILES string of the molecule is COc1ccc([C@@H](CC(=O)O)NC=O)cc1OC. The fourth-order valence-electron chi connectivity index (χ4n) is 1.60. The molecule has 6 heteroatoms. The minimum absolute atomic E-state index is 0.200. The van der Waals surface area contributed by atoms with Crippen molar-refractivity contribution in [1.29, 1.82) is 0 Å². The quantitative estimate of drug-likeness (QED) is 0.707. The third-order valence-electron chi connectivity index (χ3n) is 2.46. The Morgan fingerprint density at radius 3 is 2.56 bits per heavy atom. The first-order valence-electron chi connectivity index (χ1n) is 5.25. The van der Waals surface area contributed by atoms with Gasteiger partial charge in [-0.15, -0.1) is 0 Å². The number of benzene rings is 1. The van der Waals surface area contributed by atoms with E-state index in [1.807, 2.05) is 0 Å². The van der Waals surface area contributed by atoms with E-state index >= 15 is 0 Å². The molecule has 0 aliphatic rings. The van der Waals surface area contributed by atoms with Crippen molar-refractivity contribution in [2.24, 2.45) is 0 Å². The predicted octanol–water partition coefficient (Wildman–Crippen LogP) is 0.966. The molecule has 0 heterocycles. The summed E-state index contributed by atoms with van der Waals surface area (Å²) in [6.07, 6.45) is 0.276. The summed E-state index contributed by atoms with van der Waals surface area (Å²) in [6, 6.07) is 4.39. The smallest absolute Gasteiger partial charge is 0.305 e. The first-order chi connectivity index (χ1) is 8.62. The largest absolute Gasteiger partial charge is 0.493 e. The Balaban J connectivity index is 3.04. The second-order valence-electron chi connectivity index (χ2n) is 3.55. The van der Waals surface area contributed by atoms with Crippen LogP contribution in [0, 0.1) is 0 Å². The van der Waals surface area contributed by atoms with Crippen LogP contribution < -0.4 is 14.8 Å². The zero-order valence-electron chi connectivity index (χ0n) is 10.2. The Hall–Kier alpha value is -2.24. The molecule has 0 bridgehead atoms. The summed E-state index contributed by atoms with van der Waals surface area (Å²) in [5.74, 6) is 0.0312. The van der Waals surface area contributed by atoms with Crippen LogP contribution in [0.25, 0.3) is 0 Å². The highest BCUT2D eigenvalue weighted by Gasteiger charge is 2.16. The van der Waals surface area contributed by atoms with Crippen molar-refractivity contribution >= 4 is 12.4 Å². The van der Waals surface area contributed by atoms with E-state index < -0.39 is 12.0 Å². The average Bonchev–Trinajstić information content (AvgIpc) is 2.37. The van der Waals surface area contributed by atoms with Crippen LogP contribution in [0.5, 0.6) is 11.5 Å². The van der Waals surface area contributed by atoms with Gasteiger partial charge in [0.25, 0.3) is 0 Å². The topological polar surface area (TPSA) is 84.9 Å². The highest BCUT2D eigenvalue weighted by molar-refractivity contribution is 5.68. The maximum atomic E-state index is 10.7. The van der Waals surface area contributed by atoms with Gasteiger partial charge in [-0.05, 0) is 17.7 Å². The van der Waals surface area contributed by atoms with Crippen LogP contribution in [0.1, 0.15) is 18.0 Å². The number of methoxy groups -OCH3 is 2. The van der Waals surface area contributed by atoms with Crippen molar-refractivity contribution in [3.05, 3.63) is 23.8 Å². The van der Waals surface area contributed by atoms with Gasteiger partial charge < -0.3 is 19.9 Å². The number of hydrogen-bond acceptors (Lipinski definition) is 4. The molecule has 18 heavy (non-hydrogen) atoms. The van der Waals surface area contributed by atoms with Gasteiger partial charge in [0, 0.05) is 0 Å². The Bertz CT molecular complexity index is 432. The van der Waals surface area contributed by atoms with E-state index in [2.05, 4.69) is 5.32 Å². The lowest BCUT2D eigenvalue weighted by molar-refractivity contribution is -0.137. The molecule has 1 rings (SSSR count). The van der Waals surface area contributed by atoms with Crippen molar-refractivity contribution in [3.63, 3.8) is 0 Å². The molecule has 1 amide bonds. The monoisotopic (exact) mass is 253 g/mol. The van der Waals surface area contributed by atoms with Crippen molar-refractivity contribution in [1.82, 2.24) is 5.32 Å². The molecular formula is C12H15NO5. The molecule has 1 aromatic carbocycles. The Kier molecular flexibility index (Phi) is 4.98. The number of ether oxygens (including phenoxy) is 2. The summed E-state index contributed by atoms with van der Waals surface area (Å²) in [7, 11) is 3.00. The molecular weight excluding hydrogens is 238 g/mol. The van der Waals surface area contributed by atoms with Crippen molar-refractivity contribution in [3.8, 4) is 11.5 Å². The lowest BCUT2D eigenvalue weighted by Crippen LogP contribution is -2.22. The van der Waals surface area contributed by atoms with Crippen molar-refractivity contribution in [2.75, 3.05) is 14.2 Å². The zero-order valence-corrected chi connectivity index (χ0v) is 10.2. The van der Waals surface area contributed by atoms with Crippen LogP contribution >= 0.6 is 0 Å². The lowest BCUT2D eigenvalue weighted by atomic mass is 10.0. The van der Waals surface area contributed by atoms with Gasteiger partial charge in [0.2, 0.25) is 6.41 Å². The second-order valence-corrected chi connectivity index (χ2v) is 3.55. The number of hydrogen-bond donors (Lipinski definition) is 2. The second kappa shape index (κ2) is 6.48. The van der Waals surface area contributed by atoms with Crippen molar-refractivity contribution in [2.45, 2.75) is 12.5 Å². The number of amides is 1. The van der Waals surface area contributed by atoms with Gasteiger partial charge in [-0.2, -0.15) is 0 Å². The molecule has 0 aromatic heterocycles. The molecule has 1 atom stereocenters. The van der Waals surface area contributed by atoms with E-state index in [1.165, 1.54) is 14.2 Å². The maximum Gasteiger partial charge on any atom is 0.305 e. The summed E-state index contributed by atoms with van der Waals surface area (Å²) in [4.78, 5) is 21.2. The number of aliphatic carboxylic acids is 1. The maximum absolute atomic E-state index is 10.7. The molecule has 0 saturated carbocycles. The Morgan fingerprint density at radius 1 is 1.39 bits per heavy atom. The van der Waals surface area contributed by atoms with Crippen LogP contribution in [0.3, 0.4) is 0 Å². The third-order valence-corrected chi connectivity index (χ3v) is 2.46. The number of carbonyl (C=O) groups excluding carboxylic acids is 1. The molecule has 0 radical (unpaired) electrons. The molecule has 0 aliphatic carbocycles. The van der Waals surface area contributed by atoms with E-state index in [0.717, 1.165) is 0 Å². The van der Waals surface area contributed by atoms with Crippen LogP contribution in [0.4, 0.5) is 0 Å². The summed E-state index contributed by atoms with van der Waals surface area (Å²) < 4.78 is 10.2. The molecule has 6 nitrogen and oxygen atoms in total. The van der Waals surface area contributed by atoms with Gasteiger partial charge in [-0.1, -0.05) is 6.07 Å². The molecule has 1 aromatic rings. The van der Waals surface area contributed by atoms with Gasteiger partial charge >= 0.3 is 5.97 Å². The number of carboxylic acids is 1. The molecule has 0 unspecified atom stereocenters. The number of nitrogens with one attached hydrogen (secondary N) is 1. The predicted molar refractivity (Wildman–Crippen MR) is 63.7 cm³/mol. The normalized spacial score (nSPS) is 11.4. The fraction of sp³-hybridized carbons (Fsp3) is 0.333. The third kappa shape index (κ3) is 3.38. The first-order valence-corrected chi connectivity index (χ1v) is 5.25. The van der Waals surface area contributed by atoms with E-state index in [1.54, 1.807) is 18.2 Å². The minimum atomic E-state index is -0.996. The molecule has 0 aliphatic heterocycles. The van der Waals surface area contributed by atoms with Crippen LogP contribution in [0.2, 0.25) is 0 Å². The number of rotatable bonds is 7. The first kappa shape index (κ1) is 13.8. The standard InChI is InChI=1S/C12H15NO5/c1-17-10-4-3-8(5-11(10)18-2)9(13-7-14)6-12(15)16/h3-5,7,9H,6H2,1-2H3,(H,13,14)(H,15,16)/t9-/m1/s1. The van der Waals surface area contributed by atoms with Gasteiger partial charge in [-0.25, -0.2) is 0 Å². The van der Waals surface area contributed by atoms with Crippen molar-refractivity contribution < 1.29 is 24.2 Å². The van der Waals surface area contributed by atoms with E-state index in [9.17, 15) is 9.59 Å². The molecule has 0 fully saturated rings. The van der Waals surface area contributed by atoms with Gasteiger partial charge in [-0.3, -0.25) is 9.59 Å². The highest BCUT2D eigenvalue weighted by Crippen LogP contribution is 2.30. The summed E-state index contributed by atoms with van der Waals surface area (Å²) >= 11 is 0. The zero-order chi connectivity index (χ0) is 13.5. The van der Waals surface area contributed by atoms with Gasteiger partial charge in [0.05, 0.1) is 26.7 Å².